The minimum absolute atomic E-state index is 0.0594. The smallest absolute Gasteiger partial charge is 0.308 e. The van der Waals surface area contributed by atoms with E-state index in [-0.39, 0.29) is 11.9 Å². The van der Waals surface area contributed by atoms with E-state index in [4.69, 9.17) is 9.47 Å². The molecule has 4 nitrogen and oxygen atoms in total. The van der Waals surface area contributed by atoms with E-state index in [1.54, 1.807) is 0 Å². The molecular formula is C12H23NO3. The lowest BCUT2D eigenvalue weighted by molar-refractivity contribution is -0.145. The molecule has 1 saturated carbocycles. The van der Waals surface area contributed by atoms with Crippen molar-refractivity contribution in [2.75, 3.05) is 27.3 Å². The summed E-state index contributed by atoms with van der Waals surface area (Å²) in [5, 5.41) is 3.06. The summed E-state index contributed by atoms with van der Waals surface area (Å²) >= 11 is 0. The molecule has 0 aliphatic heterocycles. The lowest BCUT2D eigenvalue weighted by atomic mass is 10.0. The first kappa shape index (κ1) is 13.5. The maximum Gasteiger partial charge on any atom is 0.308 e. The molecule has 0 spiro atoms. The Morgan fingerprint density at radius 2 is 2.12 bits per heavy atom. The van der Waals surface area contributed by atoms with Gasteiger partial charge < -0.3 is 14.8 Å². The first-order valence-electron chi connectivity index (χ1n) is 6.12. The zero-order valence-electron chi connectivity index (χ0n) is 10.3. The van der Waals surface area contributed by atoms with Crippen LogP contribution in [0.5, 0.6) is 0 Å². The second kappa shape index (κ2) is 7.63. The van der Waals surface area contributed by atoms with Crippen LogP contribution in [0.4, 0.5) is 0 Å². The standard InChI is InChI=1S/C12H23NO3/c1-13-8-9-16-11-5-3-4-10(6-7-11)12(14)15-2/h10-11,13H,3-9H2,1-2H3. The number of rotatable bonds is 5. The van der Waals surface area contributed by atoms with Crippen LogP contribution in [0.25, 0.3) is 0 Å². The van der Waals surface area contributed by atoms with Crippen molar-refractivity contribution in [3.63, 3.8) is 0 Å². The monoisotopic (exact) mass is 229 g/mol. The Labute approximate surface area is 97.7 Å². The van der Waals surface area contributed by atoms with Crippen molar-refractivity contribution < 1.29 is 14.3 Å². The molecule has 1 N–H and O–H groups in total. The first-order valence-corrected chi connectivity index (χ1v) is 6.12. The number of ether oxygens (including phenoxy) is 2. The van der Waals surface area contributed by atoms with E-state index in [0.717, 1.165) is 45.3 Å². The molecule has 0 aromatic heterocycles. The number of carbonyl (C=O) groups is 1. The molecule has 0 saturated heterocycles. The largest absolute Gasteiger partial charge is 0.469 e. The zero-order chi connectivity index (χ0) is 11.8. The molecule has 2 atom stereocenters. The predicted octanol–water partition coefficient (Wildman–Crippen LogP) is 1.34. The molecule has 0 amide bonds. The molecule has 0 bridgehead atoms. The number of methoxy groups -OCH3 is 1. The highest BCUT2D eigenvalue weighted by atomic mass is 16.5. The molecule has 1 aliphatic carbocycles. The topological polar surface area (TPSA) is 47.6 Å². The van der Waals surface area contributed by atoms with Gasteiger partial charge in [-0.2, -0.15) is 0 Å². The van der Waals surface area contributed by atoms with Crippen LogP contribution in [-0.2, 0) is 14.3 Å². The third-order valence-electron chi connectivity index (χ3n) is 3.16. The zero-order valence-corrected chi connectivity index (χ0v) is 10.3. The highest BCUT2D eigenvalue weighted by Crippen LogP contribution is 2.25. The normalized spacial score (nSPS) is 26.1. The second-order valence-electron chi connectivity index (χ2n) is 4.32. The van der Waals surface area contributed by atoms with Crippen molar-refractivity contribution in [2.24, 2.45) is 5.92 Å². The number of nitrogens with one attached hydrogen (secondary N) is 1. The van der Waals surface area contributed by atoms with Gasteiger partial charge in [-0.05, 0) is 32.7 Å². The highest BCUT2D eigenvalue weighted by molar-refractivity contribution is 5.72. The van der Waals surface area contributed by atoms with E-state index in [1.165, 1.54) is 7.11 Å². The number of carbonyl (C=O) groups excluding carboxylic acids is 1. The summed E-state index contributed by atoms with van der Waals surface area (Å²) in [6.07, 6.45) is 5.27. The summed E-state index contributed by atoms with van der Waals surface area (Å²) in [5.74, 6) is 0.0266. The fourth-order valence-electron chi connectivity index (χ4n) is 2.16. The fraction of sp³-hybridized carbons (Fsp3) is 0.917. The average Bonchev–Trinajstić information content (AvgIpc) is 2.54. The first-order chi connectivity index (χ1) is 7.77. The van der Waals surface area contributed by atoms with Crippen molar-refractivity contribution >= 4 is 5.97 Å². The minimum Gasteiger partial charge on any atom is -0.469 e. The Morgan fingerprint density at radius 1 is 1.31 bits per heavy atom. The Kier molecular flexibility index (Phi) is 6.42. The molecule has 94 valence electrons. The van der Waals surface area contributed by atoms with E-state index in [0.29, 0.717) is 6.10 Å². The van der Waals surface area contributed by atoms with Gasteiger partial charge in [-0.25, -0.2) is 0 Å². The second-order valence-corrected chi connectivity index (χ2v) is 4.32. The summed E-state index contributed by atoms with van der Waals surface area (Å²) in [5.41, 5.74) is 0. The SMILES string of the molecule is CNCCOC1CCCC(C(=O)OC)CC1. The molecule has 0 aromatic rings. The molecule has 2 unspecified atom stereocenters. The van der Waals surface area contributed by atoms with Gasteiger partial charge in [0.05, 0.1) is 25.7 Å². The van der Waals surface area contributed by atoms with E-state index in [2.05, 4.69) is 5.32 Å². The third kappa shape index (κ3) is 4.49. The van der Waals surface area contributed by atoms with Gasteiger partial charge >= 0.3 is 5.97 Å². The molecule has 1 rings (SSSR count). The van der Waals surface area contributed by atoms with Crippen LogP contribution >= 0.6 is 0 Å². The molecular weight excluding hydrogens is 206 g/mol. The summed E-state index contributed by atoms with van der Waals surface area (Å²) < 4.78 is 10.5. The van der Waals surface area contributed by atoms with Gasteiger partial charge in [-0.3, -0.25) is 4.79 Å². The molecule has 0 aromatic carbocycles. The number of hydrogen-bond acceptors (Lipinski definition) is 4. The van der Waals surface area contributed by atoms with Crippen molar-refractivity contribution in [2.45, 2.75) is 38.2 Å². The number of hydrogen-bond donors (Lipinski definition) is 1. The van der Waals surface area contributed by atoms with Gasteiger partial charge in [0.2, 0.25) is 0 Å². The summed E-state index contributed by atoms with van der Waals surface area (Å²) in [4.78, 5) is 11.4. The Hall–Kier alpha value is -0.610. The van der Waals surface area contributed by atoms with Crippen LogP contribution in [0, 0.1) is 5.92 Å². The van der Waals surface area contributed by atoms with E-state index < -0.39 is 0 Å². The average molecular weight is 229 g/mol. The van der Waals surface area contributed by atoms with Gasteiger partial charge in [0.1, 0.15) is 0 Å². The lowest BCUT2D eigenvalue weighted by Gasteiger charge is -2.15. The Morgan fingerprint density at radius 3 is 2.81 bits per heavy atom. The van der Waals surface area contributed by atoms with Crippen LogP contribution in [0.15, 0.2) is 0 Å². The Bertz CT molecular complexity index is 208. The van der Waals surface area contributed by atoms with E-state index in [9.17, 15) is 4.79 Å². The molecule has 0 radical (unpaired) electrons. The van der Waals surface area contributed by atoms with Crippen molar-refractivity contribution in [3.05, 3.63) is 0 Å². The molecule has 1 fully saturated rings. The van der Waals surface area contributed by atoms with Crippen LogP contribution in [0.3, 0.4) is 0 Å². The van der Waals surface area contributed by atoms with Gasteiger partial charge in [-0.15, -0.1) is 0 Å². The van der Waals surface area contributed by atoms with Crippen LogP contribution in [0.2, 0.25) is 0 Å². The van der Waals surface area contributed by atoms with E-state index >= 15 is 0 Å². The quantitative estimate of drug-likeness (QED) is 0.439. The Balaban J connectivity index is 2.26. The van der Waals surface area contributed by atoms with Gasteiger partial charge in [-0.1, -0.05) is 6.42 Å². The van der Waals surface area contributed by atoms with Crippen molar-refractivity contribution in [3.8, 4) is 0 Å². The minimum atomic E-state index is -0.0594. The van der Waals surface area contributed by atoms with Crippen molar-refractivity contribution in [1.82, 2.24) is 5.32 Å². The molecule has 16 heavy (non-hydrogen) atoms. The molecule has 1 aliphatic rings. The lowest BCUT2D eigenvalue weighted by Crippen LogP contribution is -2.20. The third-order valence-corrected chi connectivity index (χ3v) is 3.16. The summed E-state index contributed by atoms with van der Waals surface area (Å²) in [7, 11) is 3.39. The summed E-state index contributed by atoms with van der Waals surface area (Å²) in [6.45, 7) is 1.64. The number of esters is 1. The maximum absolute atomic E-state index is 11.4. The maximum atomic E-state index is 11.4. The van der Waals surface area contributed by atoms with Crippen LogP contribution < -0.4 is 5.32 Å². The van der Waals surface area contributed by atoms with Gasteiger partial charge in [0.25, 0.3) is 0 Å². The fourth-order valence-corrected chi connectivity index (χ4v) is 2.16. The number of likely N-dealkylation sites (N-methyl/N-ethyl adjacent to an activating group) is 1. The van der Waals surface area contributed by atoms with E-state index in [1.807, 2.05) is 7.05 Å². The highest BCUT2D eigenvalue weighted by Gasteiger charge is 2.24. The van der Waals surface area contributed by atoms with Gasteiger partial charge in [0.15, 0.2) is 0 Å². The van der Waals surface area contributed by atoms with Crippen LogP contribution in [-0.4, -0.2) is 39.4 Å². The summed E-state index contributed by atoms with van der Waals surface area (Å²) in [6, 6.07) is 0. The van der Waals surface area contributed by atoms with Crippen molar-refractivity contribution in [1.29, 1.82) is 0 Å². The predicted molar refractivity (Wildman–Crippen MR) is 62.3 cm³/mol. The molecule has 4 heteroatoms. The van der Waals surface area contributed by atoms with Crippen LogP contribution in [0.1, 0.15) is 32.1 Å². The van der Waals surface area contributed by atoms with Gasteiger partial charge in [0, 0.05) is 6.54 Å². The molecule has 0 heterocycles.